The van der Waals surface area contributed by atoms with Crippen LogP contribution in [0.4, 0.5) is 0 Å². The Kier molecular flexibility index (Phi) is 4.47. The highest BCUT2D eigenvalue weighted by atomic mass is 16.3. The number of hydrogen-bond acceptors (Lipinski definition) is 3. The maximum atomic E-state index is 9.82. The number of aliphatic hydroxyl groups excluding tert-OH is 1. The van der Waals surface area contributed by atoms with Gasteiger partial charge in [0.15, 0.2) is 0 Å². The first-order valence-electron chi connectivity index (χ1n) is 6.43. The van der Waals surface area contributed by atoms with Crippen LogP contribution in [0.2, 0.25) is 0 Å². The van der Waals surface area contributed by atoms with E-state index in [9.17, 15) is 5.11 Å². The maximum Gasteiger partial charge on any atom is 0.113 e. The van der Waals surface area contributed by atoms with E-state index in [-0.39, 0.29) is 6.10 Å². The Morgan fingerprint density at radius 3 is 2.78 bits per heavy atom. The lowest BCUT2D eigenvalue weighted by Gasteiger charge is -2.08. The predicted molar refractivity (Wildman–Crippen MR) is 71.0 cm³/mol. The molecule has 0 amide bonds. The molecule has 0 saturated carbocycles. The lowest BCUT2D eigenvalue weighted by atomic mass is 10.1. The zero-order chi connectivity index (χ0) is 12.8. The first kappa shape index (κ1) is 12.8. The van der Waals surface area contributed by atoms with Gasteiger partial charge in [-0.3, -0.25) is 0 Å². The summed E-state index contributed by atoms with van der Waals surface area (Å²) in [5.74, 6) is 0. The number of hydrogen-bond donors (Lipinski definition) is 1. The van der Waals surface area contributed by atoms with Crippen molar-refractivity contribution in [2.24, 2.45) is 0 Å². The molecule has 0 aliphatic rings. The zero-order valence-electron chi connectivity index (χ0n) is 10.7. The third kappa shape index (κ3) is 3.40. The molecule has 1 heterocycles. The Balaban J connectivity index is 1.98. The summed E-state index contributed by atoms with van der Waals surface area (Å²) in [6.45, 7) is 2.63. The molecule has 2 aromatic rings. The molecule has 2 rings (SSSR count). The third-order valence-electron chi connectivity index (χ3n) is 2.90. The lowest BCUT2D eigenvalue weighted by Crippen LogP contribution is -2.16. The van der Waals surface area contributed by atoms with Crippen molar-refractivity contribution < 1.29 is 5.11 Å². The molecule has 0 aliphatic carbocycles. The van der Waals surface area contributed by atoms with Crippen molar-refractivity contribution in [2.75, 3.05) is 0 Å². The highest BCUT2D eigenvalue weighted by molar-refractivity contribution is 5.57. The van der Waals surface area contributed by atoms with Gasteiger partial charge in [-0.05, 0) is 6.42 Å². The Bertz CT molecular complexity index is 467. The molecule has 0 radical (unpaired) electrons. The van der Waals surface area contributed by atoms with E-state index in [1.165, 1.54) is 0 Å². The number of nitrogens with zero attached hydrogens (tertiary/aromatic N) is 3. The van der Waals surface area contributed by atoms with Gasteiger partial charge in [-0.15, -0.1) is 5.10 Å². The Morgan fingerprint density at radius 1 is 1.28 bits per heavy atom. The Hall–Kier alpha value is -1.68. The summed E-state index contributed by atoms with van der Waals surface area (Å²) >= 11 is 0. The van der Waals surface area contributed by atoms with Crippen LogP contribution in [0.3, 0.4) is 0 Å². The summed E-state index contributed by atoms with van der Waals surface area (Å²) in [6.07, 6.45) is 4.50. The third-order valence-corrected chi connectivity index (χ3v) is 2.90. The van der Waals surface area contributed by atoms with Crippen LogP contribution in [0.15, 0.2) is 36.5 Å². The second kappa shape index (κ2) is 6.31. The van der Waals surface area contributed by atoms with Gasteiger partial charge in [0.25, 0.3) is 0 Å². The van der Waals surface area contributed by atoms with Crippen molar-refractivity contribution in [2.45, 2.75) is 38.8 Å². The van der Waals surface area contributed by atoms with Crippen LogP contribution in [0.5, 0.6) is 0 Å². The SMILES string of the molecule is CCCCC(O)Cn1cc(-c2ccccc2)nn1. The van der Waals surface area contributed by atoms with Gasteiger partial charge in [0, 0.05) is 5.56 Å². The topological polar surface area (TPSA) is 50.9 Å². The van der Waals surface area contributed by atoms with Crippen molar-refractivity contribution in [1.82, 2.24) is 15.0 Å². The number of aromatic nitrogens is 3. The van der Waals surface area contributed by atoms with E-state index in [0.717, 1.165) is 30.5 Å². The second-order valence-corrected chi connectivity index (χ2v) is 4.49. The van der Waals surface area contributed by atoms with Crippen molar-refractivity contribution in [3.8, 4) is 11.3 Å². The van der Waals surface area contributed by atoms with E-state index >= 15 is 0 Å². The fourth-order valence-corrected chi connectivity index (χ4v) is 1.88. The van der Waals surface area contributed by atoms with E-state index in [1.807, 2.05) is 36.5 Å². The molecule has 0 bridgehead atoms. The largest absolute Gasteiger partial charge is 0.391 e. The highest BCUT2D eigenvalue weighted by Crippen LogP contribution is 2.15. The fourth-order valence-electron chi connectivity index (χ4n) is 1.88. The first-order chi connectivity index (χ1) is 8.79. The quantitative estimate of drug-likeness (QED) is 0.850. The Labute approximate surface area is 107 Å². The highest BCUT2D eigenvalue weighted by Gasteiger charge is 2.08. The molecule has 4 nitrogen and oxygen atoms in total. The summed E-state index contributed by atoms with van der Waals surface area (Å²) in [6, 6.07) is 9.93. The van der Waals surface area contributed by atoms with E-state index < -0.39 is 0 Å². The number of aliphatic hydroxyl groups is 1. The molecule has 1 atom stereocenters. The van der Waals surface area contributed by atoms with E-state index in [1.54, 1.807) is 4.68 Å². The first-order valence-corrected chi connectivity index (χ1v) is 6.43. The number of unbranched alkanes of at least 4 members (excludes halogenated alkanes) is 1. The van der Waals surface area contributed by atoms with Crippen LogP contribution < -0.4 is 0 Å². The van der Waals surface area contributed by atoms with Gasteiger partial charge in [-0.1, -0.05) is 55.3 Å². The minimum Gasteiger partial charge on any atom is -0.391 e. The van der Waals surface area contributed by atoms with Gasteiger partial charge in [0.1, 0.15) is 5.69 Å². The van der Waals surface area contributed by atoms with Crippen molar-refractivity contribution in [3.05, 3.63) is 36.5 Å². The van der Waals surface area contributed by atoms with Gasteiger partial charge in [0.05, 0.1) is 18.8 Å². The summed E-state index contributed by atoms with van der Waals surface area (Å²) < 4.78 is 1.71. The van der Waals surface area contributed by atoms with Gasteiger partial charge in [0.2, 0.25) is 0 Å². The van der Waals surface area contributed by atoms with Gasteiger partial charge < -0.3 is 5.11 Å². The van der Waals surface area contributed by atoms with E-state index in [2.05, 4.69) is 17.2 Å². The summed E-state index contributed by atoms with van der Waals surface area (Å²) in [5, 5.41) is 18.0. The van der Waals surface area contributed by atoms with E-state index in [4.69, 9.17) is 0 Å². The average molecular weight is 245 g/mol. The standard InChI is InChI=1S/C14H19N3O/c1-2-3-9-13(18)10-17-11-14(15-16-17)12-7-5-4-6-8-12/h4-8,11,13,18H,2-3,9-10H2,1H3. The molecular formula is C14H19N3O. The molecule has 0 spiro atoms. The van der Waals surface area contributed by atoms with Crippen LogP contribution >= 0.6 is 0 Å². The van der Waals surface area contributed by atoms with Gasteiger partial charge >= 0.3 is 0 Å². The Morgan fingerprint density at radius 2 is 2.06 bits per heavy atom. The van der Waals surface area contributed by atoms with Crippen molar-refractivity contribution in [3.63, 3.8) is 0 Å². The lowest BCUT2D eigenvalue weighted by molar-refractivity contribution is 0.136. The molecule has 96 valence electrons. The molecule has 18 heavy (non-hydrogen) atoms. The zero-order valence-corrected chi connectivity index (χ0v) is 10.7. The molecule has 0 aliphatic heterocycles. The monoisotopic (exact) mass is 245 g/mol. The molecule has 1 unspecified atom stereocenters. The van der Waals surface area contributed by atoms with Gasteiger partial charge in [-0.25, -0.2) is 4.68 Å². The van der Waals surface area contributed by atoms with Crippen molar-refractivity contribution in [1.29, 1.82) is 0 Å². The number of benzene rings is 1. The van der Waals surface area contributed by atoms with Gasteiger partial charge in [-0.2, -0.15) is 0 Å². The van der Waals surface area contributed by atoms with Crippen LogP contribution in [0.25, 0.3) is 11.3 Å². The smallest absolute Gasteiger partial charge is 0.113 e. The van der Waals surface area contributed by atoms with Crippen LogP contribution in [0, 0.1) is 0 Å². The molecule has 1 aromatic carbocycles. The minimum atomic E-state index is -0.338. The second-order valence-electron chi connectivity index (χ2n) is 4.49. The summed E-state index contributed by atoms with van der Waals surface area (Å²) in [7, 11) is 0. The maximum absolute atomic E-state index is 9.82. The normalized spacial score (nSPS) is 12.6. The molecule has 1 aromatic heterocycles. The minimum absolute atomic E-state index is 0.338. The predicted octanol–water partition coefficient (Wildman–Crippen LogP) is 2.50. The average Bonchev–Trinajstić information content (AvgIpc) is 2.86. The summed E-state index contributed by atoms with van der Waals surface area (Å²) in [4.78, 5) is 0. The van der Waals surface area contributed by atoms with Crippen molar-refractivity contribution >= 4 is 0 Å². The summed E-state index contributed by atoms with van der Waals surface area (Å²) in [5.41, 5.74) is 1.89. The molecule has 4 heteroatoms. The molecule has 0 saturated heterocycles. The van der Waals surface area contributed by atoms with E-state index in [0.29, 0.717) is 6.54 Å². The van der Waals surface area contributed by atoms with Crippen LogP contribution in [-0.4, -0.2) is 26.2 Å². The number of rotatable bonds is 6. The van der Waals surface area contributed by atoms with Crippen LogP contribution in [-0.2, 0) is 6.54 Å². The molecular weight excluding hydrogens is 226 g/mol. The molecule has 0 fully saturated rings. The van der Waals surface area contributed by atoms with Crippen LogP contribution in [0.1, 0.15) is 26.2 Å². The fraction of sp³-hybridized carbons (Fsp3) is 0.429. The molecule has 1 N–H and O–H groups in total.